The Balaban J connectivity index is 1.74. The smallest absolute Gasteiger partial charge is 0.256 e. The summed E-state index contributed by atoms with van der Waals surface area (Å²) in [7, 11) is -3.67. The first-order chi connectivity index (χ1) is 15.3. The van der Waals surface area contributed by atoms with Gasteiger partial charge in [-0.2, -0.15) is 4.31 Å². The van der Waals surface area contributed by atoms with E-state index in [2.05, 4.69) is 12.2 Å². The monoisotopic (exact) mass is 459 g/mol. The molecular weight excluding hydrogens is 426 g/mol. The van der Waals surface area contributed by atoms with Crippen LogP contribution in [0.2, 0.25) is 0 Å². The van der Waals surface area contributed by atoms with Crippen molar-refractivity contribution in [2.24, 2.45) is 5.92 Å². The highest BCUT2D eigenvalue weighted by Crippen LogP contribution is 2.25. The first kappa shape index (κ1) is 23.0. The Kier molecular flexibility index (Phi) is 6.72. The van der Waals surface area contributed by atoms with Crippen LogP contribution in [0.1, 0.15) is 69.2 Å². The average Bonchev–Trinajstić information content (AvgIpc) is 2.81. The fourth-order valence-electron chi connectivity index (χ4n) is 4.99. The standard InChI is InChI=1S/C24H33N3O4S/c1-3-26-16-20(24(29)25-21-10-6-5-9-17(21)2)23(28)19-15-18(11-12-22(19)26)32(30,31)27-13-7-4-8-14-27/h11-12,15-17,21H,3-10,13-14H2,1-2H3,(H,25,29)/t17-,21-/m0/s1. The Morgan fingerprint density at radius 3 is 2.50 bits per heavy atom. The molecule has 0 bridgehead atoms. The summed E-state index contributed by atoms with van der Waals surface area (Å²) < 4.78 is 29.6. The van der Waals surface area contributed by atoms with Crippen LogP contribution in [-0.4, -0.2) is 42.3 Å². The highest BCUT2D eigenvalue weighted by atomic mass is 32.2. The predicted octanol–water partition coefficient (Wildman–Crippen LogP) is 3.50. The number of carbonyl (C=O) groups is 1. The van der Waals surface area contributed by atoms with Gasteiger partial charge in [-0.15, -0.1) is 0 Å². The van der Waals surface area contributed by atoms with Crippen LogP contribution >= 0.6 is 0 Å². The predicted molar refractivity (Wildman–Crippen MR) is 125 cm³/mol. The van der Waals surface area contributed by atoms with Crippen molar-refractivity contribution < 1.29 is 13.2 Å². The molecule has 1 amide bonds. The number of pyridine rings is 1. The molecule has 1 aromatic heterocycles. The Bertz CT molecular complexity index is 1170. The molecule has 2 aliphatic rings. The second kappa shape index (κ2) is 9.35. The van der Waals surface area contributed by atoms with Gasteiger partial charge in [-0.25, -0.2) is 8.42 Å². The SMILES string of the molecule is CCn1cc(C(=O)N[C@H]2CCCC[C@@H]2C)c(=O)c2cc(S(=O)(=O)N3CCCCC3)ccc21. The largest absolute Gasteiger partial charge is 0.349 e. The fraction of sp³-hybridized carbons (Fsp3) is 0.583. The molecule has 2 aromatic rings. The van der Waals surface area contributed by atoms with Crippen LogP contribution in [0, 0.1) is 5.92 Å². The van der Waals surface area contributed by atoms with E-state index >= 15 is 0 Å². The molecule has 8 heteroatoms. The number of fused-ring (bicyclic) bond motifs is 1. The Morgan fingerprint density at radius 2 is 1.81 bits per heavy atom. The molecule has 1 N–H and O–H groups in total. The van der Waals surface area contributed by atoms with Crippen LogP contribution in [0.25, 0.3) is 10.9 Å². The number of benzene rings is 1. The van der Waals surface area contributed by atoms with Gasteiger partial charge in [-0.1, -0.05) is 26.2 Å². The van der Waals surface area contributed by atoms with E-state index in [9.17, 15) is 18.0 Å². The molecule has 2 fully saturated rings. The van der Waals surface area contributed by atoms with Gasteiger partial charge < -0.3 is 9.88 Å². The van der Waals surface area contributed by atoms with Gasteiger partial charge in [0.2, 0.25) is 15.5 Å². The molecular formula is C24H33N3O4S. The maximum Gasteiger partial charge on any atom is 0.256 e. The van der Waals surface area contributed by atoms with Gasteiger partial charge in [0.1, 0.15) is 5.56 Å². The third-order valence-corrected chi connectivity index (χ3v) is 8.91. The number of sulfonamides is 1. The molecule has 1 saturated carbocycles. The van der Waals surface area contributed by atoms with Gasteiger partial charge in [0, 0.05) is 37.3 Å². The number of carbonyl (C=O) groups excluding carboxylic acids is 1. The number of piperidine rings is 1. The van der Waals surface area contributed by atoms with Crippen molar-refractivity contribution in [3.63, 3.8) is 0 Å². The zero-order chi connectivity index (χ0) is 22.9. The lowest BCUT2D eigenvalue weighted by Crippen LogP contribution is -2.42. The quantitative estimate of drug-likeness (QED) is 0.741. The number of aryl methyl sites for hydroxylation is 1. The van der Waals surface area contributed by atoms with Gasteiger partial charge in [0.25, 0.3) is 5.91 Å². The fourth-order valence-corrected chi connectivity index (χ4v) is 6.54. The lowest BCUT2D eigenvalue weighted by molar-refractivity contribution is 0.0908. The second-order valence-corrected chi connectivity index (χ2v) is 11.1. The first-order valence-electron chi connectivity index (χ1n) is 11.8. The minimum absolute atomic E-state index is 0.0623. The second-order valence-electron chi connectivity index (χ2n) is 9.14. The summed E-state index contributed by atoms with van der Waals surface area (Å²) in [5, 5.41) is 3.33. The number of aromatic nitrogens is 1. The van der Waals surface area contributed by atoms with Gasteiger partial charge in [0.15, 0.2) is 0 Å². The molecule has 1 saturated heterocycles. The average molecular weight is 460 g/mol. The van der Waals surface area contributed by atoms with Gasteiger partial charge in [-0.3, -0.25) is 9.59 Å². The van der Waals surface area contributed by atoms with Crippen molar-refractivity contribution >= 4 is 26.8 Å². The molecule has 0 spiro atoms. The number of nitrogens with zero attached hydrogens (tertiary/aromatic N) is 2. The lowest BCUT2D eigenvalue weighted by atomic mass is 9.86. The maximum absolute atomic E-state index is 13.3. The van der Waals surface area contributed by atoms with Crippen LogP contribution in [0.15, 0.2) is 34.1 Å². The van der Waals surface area contributed by atoms with Gasteiger partial charge in [-0.05, 0) is 56.7 Å². The molecule has 7 nitrogen and oxygen atoms in total. The van der Waals surface area contributed by atoms with Crippen LogP contribution in [-0.2, 0) is 16.6 Å². The van der Waals surface area contributed by atoms with Crippen molar-refractivity contribution in [1.82, 2.24) is 14.2 Å². The molecule has 0 unspecified atom stereocenters. The van der Waals surface area contributed by atoms with Crippen LogP contribution in [0.4, 0.5) is 0 Å². The Hall–Kier alpha value is -2.19. The number of hydrogen-bond donors (Lipinski definition) is 1. The normalized spacial score (nSPS) is 22.7. The molecule has 2 heterocycles. The summed E-state index contributed by atoms with van der Waals surface area (Å²) in [5.74, 6) is 0.00462. The molecule has 2 atom stereocenters. The number of nitrogens with one attached hydrogen (secondary N) is 1. The number of amides is 1. The summed E-state index contributed by atoms with van der Waals surface area (Å²) in [5.41, 5.74) is 0.295. The van der Waals surface area contributed by atoms with E-state index in [-0.39, 0.29) is 27.8 Å². The van der Waals surface area contributed by atoms with E-state index in [1.54, 1.807) is 18.3 Å². The molecule has 4 rings (SSSR count). The molecule has 32 heavy (non-hydrogen) atoms. The van der Waals surface area contributed by atoms with Crippen molar-refractivity contribution in [3.05, 3.63) is 40.2 Å². The summed E-state index contributed by atoms with van der Waals surface area (Å²) >= 11 is 0. The summed E-state index contributed by atoms with van der Waals surface area (Å²) in [6, 6.07) is 4.77. The van der Waals surface area contributed by atoms with Crippen molar-refractivity contribution in [3.8, 4) is 0 Å². The van der Waals surface area contributed by atoms with Crippen molar-refractivity contribution in [2.75, 3.05) is 13.1 Å². The van der Waals surface area contributed by atoms with E-state index in [1.807, 2.05) is 11.5 Å². The van der Waals surface area contributed by atoms with Gasteiger partial charge >= 0.3 is 0 Å². The minimum Gasteiger partial charge on any atom is -0.349 e. The first-order valence-corrected chi connectivity index (χ1v) is 13.2. The van der Waals surface area contributed by atoms with E-state index < -0.39 is 15.5 Å². The molecule has 174 valence electrons. The molecule has 1 aliphatic heterocycles. The summed E-state index contributed by atoms with van der Waals surface area (Å²) in [6.45, 7) is 5.64. The zero-order valence-electron chi connectivity index (χ0n) is 19.0. The van der Waals surface area contributed by atoms with E-state index in [0.717, 1.165) is 38.5 Å². The zero-order valence-corrected chi connectivity index (χ0v) is 19.8. The summed E-state index contributed by atoms with van der Waals surface area (Å²) in [6.07, 6.45) is 8.55. The van der Waals surface area contributed by atoms with Crippen LogP contribution in [0.5, 0.6) is 0 Å². The Morgan fingerprint density at radius 1 is 1.09 bits per heavy atom. The van der Waals surface area contributed by atoms with E-state index in [1.165, 1.54) is 16.8 Å². The topological polar surface area (TPSA) is 88.5 Å². The number of hydrogen-bond acceptors (Lipinski definition) is 4. The summed E-state index contributed by atoms with van der Waals surface area (Å²) in [4.78, 5) is 26.5. The third kappa shape index (κ3) is 4.35. The van der Waals surface area contributed by atoms with Crippen LogP contribution in [0.3, 0.4) is 0 Å². The highest BCUT2D eigenvalue weighted by molar-refractivity contribution is 7.89. The van der Waals surface area contributed by atoms with E-state index in [4.69, 9.17) is 0 Å². The molecule has 1 aromatic carbocycles. The third-order valence-electron chi connectivity index (χ3n) is 7.02. The van der Waals surface area contributed by atoms with Gasteiger partial charge in [0.05, 0.1) is 10.4 Å². The minimum atomic E-state index is -3.67. The Labute approximate surface area is 189 Å². The highest BCUT2D eigenvalue weighted by Gasteiger charge is 2.28. The van der Waals surface area contributed by atoms with Crippen molar-refractivity contribution in [2.45, 2.75) is 76.3 Å². The number of rotatable bonds is 5. The molecule has 1 aliphatic carbocycles. The lowest BCUT2D eigenvalue weighted by Gasteiger charge is -2.29. The maximum atomic E-state index is 13.3. The van der Waals surface area contributed by atoms with Crippen molar-refractivity contribution in [1.29, 1.82) is 0 Å². The van der Waals surface area contributed by atoms with Crippen LogP contribution < -0.4 is 10.7 Å². The molecule has 0 radical (unpaired) electrons. The van der Waals surface area contributed by atoms with E-state index in [0.29, 0.717) is 31.1 Å².